The molecule has 0 aromatic carbocycles. The highest BCUT2D eigenvalue weighted by atomic mass is 32.1. The lowest BCUT2D eigenvalue weighted by molar-refractivity contribution is -0.137. The average Bonchev–Trinajstić information content (AvgIpc) is 2.86. The van der Waals surface area contributed by atoms with Gasteiger partial charge in [0.1, 0.15) is 5.75 Å². The van der Waals surface area contributed by atoms with Crippen LogP contribution in [0.1, 0.15) is 29.0 Å². The van der Waals surface area contributed by atoms with Crippen LogP contribution < -0.4 is 5.32 Å². The van der Waals surface area contributed by atoms with Gasteiger partial charge >= 0.3 is 5.97 Å². The molecule has 2 aromatic rings. The Morgan fingerprint density at radius 3 is 2.90 bits per heavy atom. The van der Waals surface area contributed by atoms with Crippen LogP contribution in [-0.4, -0.2) is 32.1 Å². The predicted molar refractivity (Wildman–Crippen MR) is 76.5 cm³/mol. The summed E-state index contributed by atoms with van der Waals surface area (Å²) in [5.41, 5.74) is 0.655. The number of thiazole rings is 1. The molecule has 0 fully saturated rings. The molecule has 2 aromatic heterocycles. The van der Waals surface area contributed by atoms with Crippen LogP contribution in [-0.2, 0) is 11.2 Å². The third kappa shape index (κ3) is 4.25. The number of hydrogen-bond acceptors (Lipinski definition) is 6. The van der Waals surface area contributed by atoms with Gasteiger partial charge in [-0.05, 0) is 25.0 Å². The number of anilines is 1. The van der Waals surface area contributed by atoms with Crippen LogP contribution in [0.15, 0.2) is 23.7 Å². The Kier molecular flexibility index (Phi) is 4.83. The van der Waals surface area contributed by atoms with E-state index >= 15 is 0 Å². The number of rotatable bonds is 6. The second-order valence-corrected chi connectivity index (χ2v) is 5.07. The minimum atomic E-state index is -0.843. The Hall–Kier alpha value is -2.48. The van der Waals surface area contributed by atoms with Gasteiger partial charge in [-0.15, -0.1) is 11.3 Å². The zero-order chi connectivity index (χ0) is 15.2. The number of pyridine rings is 1. The van der Waals surface area contributed by atoms with Gasteiger partial charge in [0.2, 0.25) is 0 Å². The molecule has 0 aliphatic heterocycles. The Morgan fingerprint density at radius 1 is 1.38 bits per heavy atom. The number of amides is 1. The van der Waals surface area contributed by atoms with Gasteiger partial charge in [0, 0.05) is 18.0 Å². The zero-order valence-corrected chi connectivity index (χ0v) is 11.8. The van der Waals surface area contributed by atoms with Gasteiger partial charge in [-0.25, -0.2) is 9.97 Å². The number of carbonyl (C=O) groups excluding carboxylic acids is 1. The lowest BCUT2D eigenvalue weighted by Gasteiger charge is -2.02. The molecule has 0 unspecified atom stereocenters. The van der Waals surface area contributed by atoms with Crippen molar-refractivity contribution in [1.82, 2.24) is 9.97 Å². The van der Waals surface area contributed by atoms with Crippen molar-refractivity contribution in [3.05, 3.63) is 35.1 Å². The van der Waals surface area contributed by atoms with E-state index in [1.807, 2.05) is 0 Å². The number of nitrogens with zero attached hydrogens (tertiary/aromatic N) is 2. The number of aromatic nitrogens is 2. The van der Waals surface area contributed by atoms with Gasteiger partial charge in [-0.3, -0.25) is 14.9 Å². The summed E-state index contributed by atoms with van der Waals surface area (Å²) in [7, 11) is 0. The molecule has 0 radical (unpaired) electrons. The number of hydrogen-bond donors (Lipinski definition) is 3. The van der Waals surface area contributed by atoms with E-state index in [1.54, 1.807) is 5.38 Å². The minimum absolute atomic E-state index is 0.0693. The molecule has 2 heterocycles. The number of nitrogens with one attached hydrogen (secondary N) is 1. The molecular weight excluding hydrogens is 294 g/mol. The Morgan fingerprint density at radius 2 is 2.19 bits per heavy atom. The molecule has 0 saturated heterocycles. The van der Waals surface area contributed by atoms with E-state index in [4.69, 9.17) is 5.11 Å². The quantitative estimate of drug-likeness (QED) is 0.751. The van der Waals surface area contributed by atoms with Crippen LogP contribution >= 0.6 is 11.3 Å². The monoisotopic (exact) mass is 307 g/mol. The molecule has 0 aliphatic rings. The molecule has 8 heteroatoms. The van der Waals surface area contributed by atoms with Gasteiger partial charge in [0.05, 0.1) is 5.69 Å². The second kappa shape index (κ2) is 6.80. The van der Waals surface area contributed by atoms with Gasteiger partial charge in [0.15, 0.2) is 10.8 Å². The standard InChI is InChI=1S/C13H13N3O4S/c17-9-4-2-6-14-11(9)12(20)16-13-15-8(7-21-13)3-1-5-10(18)19/h2,4,6-7,17H,1,3,5H2,(H,18,19)(H,15,16,20). The van der Waals surface area contributed by atoms with E-state index in [0.29, 0.717) is 18.0 Å². The molecule has 1 amide bonds. The maximum atomic E-state index is 11.9. The maximum absolute atomic E-state index is 11.9. The van der Waals surface area contributed by atoms with Crippen molar-refractivity contribution in [2.24, 2.45) is 0 Å². The Labute approximate surface area is 124 Å². The highest BCUT2D eigenvalue weighted by Crippen LogP contribution is 2.19. The van der Waals surface area contributed by atoms with Crippen LogP contribution in [0.4, 0.5) is 5.13 Å². The summed E-state index contributed by atoms with van der Waals surface area (Å²) >= 11 is 1.24. The van der Waals surface area contributed by atoms with E-state index in [2.05, 4.69) is 15.3 Å². The van der Waals surface area contributed by atoms with E-state index in [0.717, 1.165) is 5.69 Å². The van der Waals surface area contributed by atoms with Crippen molar-refractivity contribution < 1.29 is 19.8 Å². The van der Waals surface area contributed by atoms with Crippen molar-refractivity contribution in [1.29, 1.82) is 0 Å². The molecule has 0 spiro atoms. The summed E-state index contributed by atoms with van der Waals surface area (Å²) < 4.78 is 0. The van der Waals surface area contributed by atoms with Crippen molar-refractivity contribution in [2.45, 2.75) is 19.3 Å². The van der Waals surface area contributed by atoms with Crippen LogP contribution in [0.2, 0.25) is 0 Å². The summed E-state index contributed by atoms with van der Waals surface area (Å²) in [6.07, 6.45) is 2.52. The molecular formula is C13H13N3O4S. The molecule has 21 heavy (non-hydrogen) atoms. The second-order valence-electron chi connectivity index (χ2n) is 4.22. The summed E-state index contributed by atoms with van der Waals surface area (Å²) in [5.74, 6) is -1.59. The summed E-state index contributed by atoms with van der Waals surface area (Å²) in [4.78, 5) is 30.3. The normalized spacial score (nSPS) is 10.3. The number of aromatic hydroxyl groups is 1. The lowest BCUT2D eigenvalue weighted by atomic mass is 10.2. The van der Waals surface area contributed by atoms with E-state index < -0.39 is 11.9 Å². The predicted octanol–water partition coefficient (Wildman–Crippen LogP) is 1.90. The maximum Gasteiger partial charge on any atom is 0.303 e. The van der Waals surface area contributed by atoms with Crippen molar-refractivity contribution in [3.8, 4) is 5.75 Å². The molecule has 3 N–H and O–H groups in total. The molecule has 7 nitrogen and oxygen atoms in total. The SMILES string of the molecule is O=C(O)CCCc1csc(NC(=O)c2ncccc2O)n1. The lowest BCUT2D eigenvalue weighted by Crippen LogP contribution is -2.13. The van der Waals surface area contributed by atoms with Crippen LogP contribution in [0.3, 0.4) is 0 Å². The zero-order valence-electron chi connectivity index (χ0n) is 10.9. The molecule has 0 saturated carbocycles. The van der Waals surface area contributed by atoms with E-state index in [9.17, 15) is 14.7 Å². The Bertz CT molecular complexity index is 656. The topological polar surface area (TPSA) is 112 Å². The number of carboxylic acid groups (broad SMARTS) is 1. The largest absolute Gasteiger partial charge is 0.505 e. The fraction of sp³-hybridized carbons (Fsp3) is 0.231. The summed E-state index contributed by atoms with van der Waals surface area (Å²) in [6, 6.07) is 2.90. The van der Waals surface area contributed by atoms with Crippen LogP contribution in [0.25, 0.3) is 0 Å². The molecule has 110 valence electrons. The first-order valence-electron chi connectivity index (χ1n) is 6.18. The number of carbonyl (C=O) groups is 2. The van der Waals surface area contributed by atoms with Gasteiger partial charge in [-0.1, -0.05) is 0 Å². The van der Waals surface area contributed by atoms with Crippen molar-refractivity contribution in [2.75, 3.05) is 5.32 Å². The summed E-state index contributed by atoms with van der Waals surface area (Å²) in [5, 5.41) is 22.8. The van der Waals surface area contributed by atoms with Crippen molar-refractivity contribution >= 4 is 28.3 Å². The van der Waals surface area contributed by atoms with E-state index in [-0.39, 0.29) is 17.9 Å². The van der Waals surface area contributed by atoms with Gasteiger partial charge < -0.3 is 10.2 Å². The molecule has 0 bridgehead atoms. The highest BCUT2D eigenvalue weighted by Gasteiger charge is 2.14. The van der Waals surface area contributed by atoms with Crippen molar-refractivity contribution in [3.63, 3.8) is 0 Å². The van der Waals surface area contributed by atoms with Gasteiger partial charge in [-0.2, -0.15) is 0 Å². The highest BCUT2D eigenvalue weighted by molar-refractivity contribution is 7.13. The first kappa shape index (κ1) is 14.9. The fourth-order valence-corrected chi connectivity index (χ4v) is 2.37. The third-order valence-electron chi connectivity index (χ3n) is 2.60. The molecule has 2 rings (SSSR count). The molecule has 0 aliphatic carbocycles. The van der Waals surface area contributed by atoms with Crippen LogP contribution in [0.5, 0.6) is 5.75 Å². The first-order valence-corrected chi connectivity index (χ1v) is 7.06. The van der Waals surface area contributed by atoms with Crippen LogP contribution in [0, 0.1) is 0 Å². The molecule has 0 atom stereocenters. The number of aryl methyl sites for hydroxylation is 1. The Balaban J connectivity index is 1.95. The number of carboxylic acids is 1. The minimum Gasteiger partial charge on any atom is -0.505 e. The van der Waals surface area contributed by atoms with Gasteiger partial charge in [0.25, 0.3) is 5.91 Å². The van der Waals surface area contributed by atoms with E-state index in [1.165, 1.54) is 29.7 Å². The summed E-state index contributed by atoms with van der Waals surface area (Å²) in [6.45, 7) is 0. The third-order valence-corrected chi connectivity index (χ3v) is 3.40. The smallest absolute Gasteiger partial charge is 0.303 e. The average molecular weight is 307 g/mol. The first-order chi connectivity index (χ1) is 10.1. The fourth-order valence-electron chi connectivity index (χ4n) is 1.63. The number of aliphatic carboxylic acids is 1.